The number of fused-ring (bicyclic) bond motifs is 5. The number of aliphatic hydroxyl groups is 1. The third kappa shape index (κ3) is 4.73. The first-order valence-corrected chi connectivity index (χ1v) is 17.3. The summed E-state index contributed by atoms with van der Waals surface area (Å²) < 4.78 is 7.66. The van der Waals surface area contributed by atoms with Crippen molar-refractivity contribution in [3.63, 3.8) is 0 Å². The summed E-state index contributed by atoms with van der Waals surface area (Å²) in [6.07, 6.45) is 18.7. The Morgan fingerprint density at radius 1 is 1.00 bits per heavy atom. The fourth-order valence-electron chi connectivity index (χ4n) is 11.9. The maximum Gasteiger partial charge on any atom is 0.306 e. The highest BCUT2D eigenvalue weighted by atomic mass is 16.5. The van der Waals surface area contributed by atoms with Crippen molar-refractivity contribution < 1.29 is 19.1 Å². The lowest BCUT2D eigenvalue weighted by Gasteiger charge is -2.62. The monoisotopic (exact) mass is 555 g/mol. The van der Waals surface area contributed by atoms with Gasteiger partial charge in [0.25, 0.3) is 0 Å². The highest BCUT2D eigenvalue weighted by Gasteiger charge is 2.67. The molecule has 2 heterocycles. The molecule has 0 aromatic rings. The van der Waals surface area contributed by atoms with E-state index in [-0.39, 0.29) is 23.6 Å². The number of esters is 1. The Morgan fingerprint density at radius 3 is 2.42 bits per heavy atom. The van der Waals surface area contributed by atoms with Gasteiger partial charge < -0.3 is 14.3 Å². The molecule has 5 heteroatoms. The standard InChI is InChI=1S/C35H59N2O3/c1-5-19-37(20-11-8-12-21-37)30-23-28-26-14-13-25-22-31(38)29(36-17-9-7-10-18-36)24-35(25,4)27(26)15-16-34(28,3)33(30)40-32(39)6-2/h5,25-31,33,38H,1,6-24H2,2-4H3/q+1/t25-,26+,27-,28-,29-,30?,31-,33-,34-,35-/m0/s1. The van der Waals surface area contributed by atoms with Crippen molar-refractivity contribution in [3.8, 4) is 0 Å². The van der Waals surface area contributed by atoms with Gasteiger partial charge >= 0.3 is 5.97 Å². The molecular weight excluding hydrogens is 496 g/mol. The Labute approximate surface area is 244 Å². The van der Waals surface area contributed by atoms with Crippen molar-refractivity contribution in [1.29, 1.82) is 0 Å². The fourth-order valence-corrected chi connectivity index (χ4v) is 11.9. The van der Waals surface area contributed by atoms with Gasteiger partial charge in [-0.05, 0) is 119 Å². The van der Waals surface area contributed by atoms with Gasteiger partial charge in [0.05, 0.1) is 25.7 Å². The number of carbonyl (C=O) groups is 1. The second kappa shape index (κ2) is 11.3. The molecule has 4 saturated carbocycles. The lowest BCUT2D eigenvalue weighted by molar-refractivity contribution is -0.952. The Hall–Kier alpha value is -0.910. The third-order valence-corrected chi connectivity index (χ3v) is 13.9. The number of rotatable bonds is 6. The molecule has 0 spiro atoms. The van der Waals surface area contributed by atoms with Crippen molar-refractivity contribution in [1.82, 2.24) is 4.90 Å². The summed E-state index contributed by atoms with van der Waals surface area (Å²) in [5.41, 5.74) is 0.391. The van der Waals surface area contributed by atoms with Crippen molar-refractivity contribution in [2.24, 2.45) is 34.5 Å². The van der Waals surface area contributed by atoms with Crippen LogP contribution in [0.5, 0.6) is 0 Å². The second-order valence-electron chi connectivity index (χ2n) is 15.6. The summed E-state index contributed by atoms with van der Waals surface area (Å²) in [5.74, 6) is 2.74. The molecular formula is C35H59N2O3+. The number of hydrogen-bond donors (Lipinski definition) is 1. The van der Waals surface area contributed by atoms with E-state index in [2.05, 4.69) is 31.4 Å². The summed E-state index contributed by atoms with van der Waals surface area (Å²) in [6.45, 7) is 17.1. The van der Waals surface area contributed by atoms with E-state index in [1.165, 1.54) is 103 Å². The number of quaternary nitrogens is 1. The van der Waals surface area contributed by atoms with Crippen LogP contribution in [-0.4, -0.2) is 77.5 Å². The van der Waals surface area contributed by atoms with Gasteiger partial charge in [0.15, 0.2) is 6.10 Å². The van der Waals surface area contributed by atoms with Gasteiger partial charge in [-0.15, -0.1) is 0 Å². The van der Waals surface area contributed by atoms with Crippen LogP contribution in [0, 0.1) is 34.5 Å². The fraction of sp³-hybridized carbons (Fsp3) is 0.914. The number of likely N-dealkylation sites (tertiary alicyclic amines) is 2. The zero-order chi connectivity index (χ0) is 28.1. The number of carbonyl (C=O) groups excluding carboxylic acids is 1. The van der Waals surface area contributed by atoms with E-state index < -0.39 is 0 Å². The molecule has 0 aromatic heterocycles. The predicted octanol–water partition coefficient (Wildman–Crippen LogP) is 6.34. The quantitative estimate of drug-likeness (QED) is 0.236. The van der Waals surface area contributed by atoms with Crippen LogP contribution in [0.4, 0.5) is 0 Å². The number of aliphatic hydroxyl groups excluding tert-OH is 1. The highest BCUT2D eigenvalue weighted by Crippen LogP contribution is 2.67. The van der Waals surface area contributed by atoms with E-state index >= 15 is 0 Å². The second-order valence-corrected chi connectivity index (χ2v) is 15.6. The Bertz CT molecular complexity index is 926. The number of piperidine rings is 2. The van der Waals surface area contributed by atoms with Gasteiger partial charge in [-0.25, -0.2) is 0 Å². The van der Waals surface area contributed by atoms with Crippen LogP contribution in [0.25, 0.3) is 0 Å². The van der Waals surface area contributed by atoms with Crippen molar-refractivity contribution in [2.45, 2.75) is 135 Å². The maximum absolute atomic E-state index is 12.9. The van der Waals surface area contributed by atoms with Crippen molar-refractivity contribution >= 4 is 5.97 Å². The minimum absolute atomic E-state index is 0.00549. The molecule has 5 nitrogen and oxygen atoms in total. The molecule has 1 N–H and O–H groups in total. The molecule has 0 radical (unpaired) electrons. The van der Waals surface area contributed by atoms with E-state index in [0.717, 1.165) is 29.3 Å². The lowest BCUT2D eigenvalue weighted by Crippen LogP contribution is -2.63. The molecule has 0 bridgehead atoms. The van der Waals surface area contributed by atoms with E-state index in [1.807, 2.05) is 6.92 Å². The summed E-state index contributed by atoms with van der Waals surface area (Å²) in [4.78, 5) is 15.6. The molecule has 0 aromatic carbocycles. The normalized spacial score (nSPS) is 47.0. The highest BCUT2D eigenvalue weighted by molar-refractivity contribution is 5.69. The SMILES string of the molecule is C=CC[N+]1(C2C[C@H]3[C@@H]4CC[C@H]5C[C@H](O)[C@@H](N6CCCCC6)C[C@]5(C)[C@H]4CC[C@]3(C)[C@H]2OC(=O)CC)CCCCC1. The van der Waals surface area contributed by atoms with Gasteiger partial charge in [0, 0.05) is 24.3 Å². The molecule has 226 valence electrons. The van der Waals surface area contributed by atoms with Crippen molar-refractivity contribution in [3.05, 3.63) is 12.7 Å². The molecule has 1 unspecified atom stereocenters. The average molecular weight is 556 g/mol. The zero-order valence-electron chi connectivity index (χ0n) is 26.0. The van der Waals surface area contributed by atoms with E-state index in [0.29, 0.717) is 35.8 Å². The maximum atomic E-state index is 12.9. The van der Waals surface area contributed by atoms with Crippen LogP contribution in [0.2, 0.25) is 0 Å². The molecule has 10 atom stereocenters. The molecule has 40 heavy (non-hydrogen) atoms. The zero-order valence-corrected chi connectivity index (χ0v) is 26.0. The summed E-state index contributed by atoms with van der Waals surface area (Å²) >= 11 is 0. The summed E-state index contributed by atoms with van der Waals surface area (Å²) in [7, 11) is 0. The first-order valence-electron chi connectivity index (χ1n) is 17.3. The van der Waals surface area contributed by atoms with Crippen LogP contribution in [-0.2, 0) is 9.53 Å². The molecule has 2 saturated heterocycles. The third-order valence-electron chi connectivity index (χ3n) is 13.9. The van der Waals surface area contributed by atoms with Gasteiger partial charge in [0.2, 0.25) is 0 Å². The van der Waals surface area contributed by atoms with Gasteiger partial charge in [0.1, 0.15) is 6.04 Å². The minimum atomic E-state index is -0.155. The first-order chi connectivity index (χ1) is 19.3. The summed E-state index contributed by atoms with van der Waals surface area (Å²) in [5, 5.41) is 11.4. The number of hydrogen-bond acceptors (Lipinski definition) is 4. The lowest BCUT2D eigenvalue weighted by atomic mass is 9.44. The molecule has 6 aliphatic rings. The Kier molecular flexibility index (Phi) is 8.24. The number of nitrogens with zero attached hydrogens (tertiary/aromatic N) is 2. The minimum Gasteiger partial charge on any atom is -0.455 e. The average Bonchev–Trinajstić information content (AvgIpc) is 3.26. The molecule has 6 rings (SSSR count). The largest absolute Gasteiger partial charge is 0.455 e. The molecule has 4 aliphatic carbocycles. The van der Waals surface area contributed by atoms with Crippen molar-refractivity contribution in [2.75, 3.05) is 32.7 Å². The smallest absolute Gasteiger partial charge is 0.306 e. The van der Waals surface area contributed by atoms with Crippen LogP contribution in [0.1, 0.15) is 111 Å². The van der Waals surface area contributed by atoms with E-state index in [9.17, 15) is 9.90 Å². The summed E-state index contributed by atoms with van der Waals surface area (Å²) in [6, 6.07) is 0.750. The Balaban J connectivity index is 1.31. The van der Waals surface area contributed by atoms with Crippen LogP contribution < -0.4 is 0 Å². The van der Waals surface area contributed by atoms with Gasteiger partial charge in [-0.2, -0.15) is 0 Å². The van der Waals surface area contributed by atoms with Crippen LogP contribution in [0.15, 0.2) is 12.7 Å². The van der Waals surface area contributed by atoms with Gasteiger partial charge in [-0.3, -0.25) is 9.69 Å². The van der Waals surface area contributed by atoms with Crippen LogP contribution in [0.3, 0.4) is 0 Å². The number of ether oxygens (including phenoxy) is 1. The molecule has 0 amide bonds. The van der Waals surface area contributed by atoms with E-state index in [1.54, 1.807) is 0 Å². The topological polar surface area (TPSA) is 49.8 Å². The Morgan fingerprint density at radius 2 is 1.73 bits per heavy atom. The van der Waals surface area contributed by atoms with E-state index in [4.69, 9.17) is 4.74 Å². The molecule has 6 fully saturated rings. The van der Waals surface area contributed by atoms with Crippen LogP contribution >= 0.6 is 0 Å². The predicted molar refractivity (Wildman–Crippen MR) is 161 cm³/mol. The molecule has 2 aliphatic heterocycles. The van der Waals surface area contributed by atoms with Gasteiger partial charge in [-0.1, -0.05) is 33.8 Å². The first kappa shape index (κ1) is 29.2.